The summed E-state index contributed by atoms with van der Waals surface area (Å²) in [6.45, 7) is 2.49. The molecule has 1 amide bonds. The normalized spacial score (nSPS) is 11.0. The Hall–Kier alpha value is -4.32. The van der Waals surface area contributed by atoms with Crippen molar-refractivity contribution in [3.63, 3.8) is 0 Å². The molecule has 2 aromatic carbocycles. The third-order valence-corrected chi connectivity index (χ3v) is 7.22. The average Bonchev–Trinajstić information content (AvgIpc) is 3.30. The first kappa shape index (κ1) is 28.7. The number of nitrogen functional groups attached to an aromatic ring is 1. The van der Waals surface area contributed by atoms with Gasteiger partial charge in [0.15, 0.2) is 16.7 Å². The zero-order valence-corrected chi connectivity index (χ0v) is 23.5. The molecule has 0 aliphatic carbocycles. The van der Waals surface area contributed by atoms with Crippen molar-refractivity contribution in [2.75, 3.05) is 32.3 Å². The first-order valence-corrected chi connectivity index (χ1v) is 13.7. The molecule has 4 rings (SSSR count). The Morgan fingerprint density at radius 3 is 2.58 bits per heavy atom. The number of rotatable bonds is 12. The highest BCUT2D eigenvalue weighted by Gasteiger charge is 2.16. The summed E-state index contributed by atoms with van der Waals surface area (Å²) in [6.07, 6.45) is 1.30. The van der Waals surface area contributed by atoms with Crippen LogP contribution in [0.1, 0.15) is 28.9 Å². The summed E-state index contributed by atoms with van der Waals surface area (Å²) >= 11 is 1.15. The predicted molar refractivity (Wildman–Crippen MR) is 154 cm³/mol. The molecule has 2 heterocycles. The number of carbonyl (C=O) groups excluding carboxylic acids is 2. The van der Waals surface area contributed by atoms with Crippen molar-refractivity contribution >= 4 is 40.3 Å². The van der Waals surface area contributed by atoms with E-state index in [2.05, 4.69) is 15.4 Å². The number of nitrogens with two attached hydrogens (primary N) is 1. The number of nitrogens with zero attached hydrogens (tertiary/aromatic N) is 4. The second-order valence-electron chi connectivity index (χ2n) is 9.07. The third kappa shape index (κ3) is 6.81. The van der Waals surface area contributed by atoms with E-state index < -0.39 is 0 Å². The Bertz CT molecular complexity index is 1580. The number of carbonyl (C=O) groups is 2. The summed E-state index contributed by atoms with van der Waals surface area (Å²) in [5.41, 5.74) is 7.67. The fourth-order valence-electron chi connectivity index (χ4n) is 4.26. The van der Waals surface area contributed by atoms with Crippen LogP contribution in [-0.4, -0.2) is 57.7 Å². The molecule has 0 spiro atoms. The SMILES string of the molecule is COc1ccc(CCNC(=O)CCCn2c(SCC(=O)n3nc(N)cc3C)nc3ccccc3c2=O)cc1OC. The van der Waals surface area contributed by atoms with Crippen LogP contribution in [0.4, 0.5) is 5.82 Å². The van der Waals surface area contributed by atoms with Gasteiger partial charge in [0.2, 0.25) is 5.91 Å². The van der Waals surface area contributed by atoms with Gasteiger partial charge in [-0.2, -0.15) is 0 Å². The molecule has 0 aliphatic heterocycles. The highest BCUT2D eigenvalue weighted by molar-refractivity contribution is 7.99. The first-order chi connectivity index (χ1) is 19.3. The maximum atomic E-state index is 13.3. The van der Waals surface area contributed by atoms with Crippen LogP contribution in [0.25, 0.3) is 10.9 Å². The minimum atomic E-state index is -0.276. The van der Waals surface area contributed by atoms with Gasteiger partial charge in [0.1, 0.15) is 5.82 Å². The Morgan fingerprint density at radius 1 is 1.07 bits per heavy atom. The fraction of sp³-hybridized carbons (Fsp3) is 0.321. The molecule has 0 radical (unpaired) electrons. The molecule has 0 saturated heterocycles. The summed E-state index contributed by atoms with van der Waals surface area (Å²) in [4.78, 5) is 43.2. The molecule has 0 saturated carbocycles. The van der Waals surface area contributed by atoms with E-state index in [1.807, 2.05) is 18.2 Å². The molecule has 0 atom stereocenters. The second kappa shape index (κ2) is 13.2. The average molecular weight is 565 g/mol. The van der Waals surface area contributed by atoms with E-state index >= 15 is 0 Å². The quantitative estimate of drug-likeness (QED) is 0.196. The lowest BCUT2D eigenvalue weighted by atomic mass is 10.1. The number of aryl methyl sites for hydroxylation is 1. The minimum absolute atomic E-state index is 0.0172. The number of thioether (sulfide) groups is 1. The van der Waals surface area contributed by atoms with Crippen LogP contribution >= 0.6 is 11.8 Å². The molecule has 0 bridgehead atoms. The van der Waals surface area contributed by atoms with Crippen molar-refractivity contribution in [3.05, 3.63) is 70.1 Å². The number of anilines is 1. The standard InChI is InChI=1S/C28H32N6O5S/c1-18-15-24(29)32-34(18)26(36)17-40-28-31-21-8-5-4-7-20(21)27(37)33(28)14-6-9-25(35)30-13-12-19-10-11-22(38-2)23(16-19)39-3/h4-5,7-8,10-11,15-16H,6,9,12-14,17H2,1-3H3,(H2,29,32)(H,30,35). The van der Waals surface area contributed by atoms with Crippen molar-refractivity contribution in [2.45, 2.75) is 37.9 Å². The van der Waals surface area contributed by atoms with Gasteiger partial charge >= 0.3 is 0 Å². The molecular weight excluding hydrogens is 532 g/mol. The van der Waals surface area contributed by atoms with E-state index in [9.17, 15) is 14.4 Å². The fourth-order valence-corrected chi connectivity index (χ4v) is 5.13. The highest BCUT2D eigenvalue weighted by Crippen LogP contribution is 2.27. The van der Waals surface area contributed by atoms with E-state index in [1.165, 1.54) is 9.25 Å². The molecule has 0 aliphatic rings. The molecule has 40 heavy (non-hydrogen) atoms. The Balaban J connectivity index is 1.37. The summed E-state index contributed by atoms with van der Waals surface area (Å²) < 4.78 is 13.4. The van der Waals surface area contributed by atoms with Gasteiger partial charge in [-0.05, 0) is 49.6 Å². The number of nitrogens with one attached hydrogen (secondary N) is 1. The topological polar surface area (TPSA) is 143 Å². The highest BCUT2D eigenvalue weighted by atomic mass is 32.2. The lowest BCUT2D eigenvalue weighted by Crippen LogP contribution is -2.27. The van der Waals surface area contributed by atoms with Gasteiger partial charge < -0.3 is 20.5 Å². The van der Waals surface area contributed by atoms with Gasteiger partial charge in [-0.15, -0.1) is 5.10 Å². The smallest absolute Gasteiger partial charge is 0.262 e. The van der Waals surface area contributed by atoms with E-state index in [0.717, 1.165) is 17.3 Å². The summed E-state index contributed by atoms with van der Waals surface area (Å²) in [7, 11) is 3.16. The van der Waals surface area contributed by atoms with Crippen LogP contribution in [0.3, 0.4) is 0 Å². The number of para-hydroxylation sites is 1. The molecule has 0 fully saturated rings. The minimum Gasteiger partial charge on any atom is -0.493 e. The van der Waals surface area contributed by atoms with Gasteiger partial charge in [0, 0.05) is 31.3 Å². The van der Waals surface area contributed by atoms with Crippen LogP contribution in [0.15, 0.2) is 58.5 Å². The van der Waals surface area contributed by atoms with Crippen molar-refractivity contribution in [1.29, 1.82) is 0 Å². The molecule has 3 N–H and O–H groups in total. The number of ether oxygens (including phenoxy) is 2. The van der Waals surface area contributed by atoms with Crippen molar-refractivity contribution in [1.82, 2.24) is 24.6 Å². The maximum absolute atomic E-state index is 13.3. The Labute approximate surface area is 235 Å². The van der Waals surface area contributed by atoms with Crippen molar-refractivity contribution in [2.24, 2.45) is 0 Å². The zero-order chi connectivity index (χ0) is 28.6. The Morgan fingerprint density at radius 2 is 1.85 bits per heavy atom. The predicted octanol–water partition coefficient (Wildman–Crippen LogP) is 3.07. The van der Waals surface area contributed by atoms with Crippen molar-refractivity contribution < 1.29 is 19.1 Å². The van der Waals surface area contributed by atoms with Crippen LogP contribution in [0.5, 0.6) is 11.5 Å². The molecular formula is C28H32N6O5S. The van der Waals surface area contributed by atoms with E-state index in [-0.39, 0.29) is 41.9 Å². The summed E-state index contributed by atoms with van der Waals surface area (Å²) in [6, 6.07) is 14.3. The number of methoxy groups -OCH3 is 2. The second-order valence-corrected chi connectivity index (χ2v) is 10.0. The Kier molecular flexibility index (Phi) is 9.43. The number of benzene rings is 2. The largest absolute Gasteiger partial charge is 0.493 e. The molecule has 210 valence electrons. The van der Waals surface area contributed by atoms with Gasteiger partial charge in [-0.25, -0.2) is 9.67 Å². The number of amides is 1. The molecule has 0 unspecified atom stereocenters. The number of hydrogen-bond acceptors (Lipinski definition) is 9. The van der Waals surface area contributed by atoms with E-state index in [0.29, 0.717) is 52.6 Å². The molecule has 11 nitrogen and oxygen atoms in total. The first-order valence-electron chi connectivity index (χ1n) is 12.8. The lowest BCUT2D eigenvalue weighted by Gasteiger charge is -2.13. The van der Waals surface area contributed by atoms with Gasteiger partial charge in [-0.3, -0.25) is 19.0 Å². The third-order valence-electron chi connectivity index (χ3n) is 6.26. The summed E-state index contributed by atoms with van der Waals surface area (Å²) in [5.74, 6) is 1.18. The van der Waals surface area contributed by atoms with Crippen LogP contribution < -0.4 is 26.1 Å². The number of aromatic nitrogens is 4. The molecule has 2 aromatic heterocycles. The lowest BCUT2D eigenvalue weighted by molar-refractivity contribution is -0.121. The number of fused-ring (bicyclic) bond motifs is 1. The summed E-state index contributed by atoms with van der Waals surface area (Å²) in [5, 5.41) is 7.84. The van der Waals surface area contributed by atoms with Crippen LogP contribution in [-0.2, 0) is 17.8 Å². The number of hydrogen-bond donors (Lipinski definition) is 2. The van der Waals surface area contributed by atoms with Gasteiger partial charge in [0.05, 0.1) is 30.9 Å². The monoisotopic (exact) mass is 564 g/mol. The van der Waals surface area contributed by atoms with E-state index in [1.54, 1.807) is 51.5 Å². The maximum Gasteiger partial charge on any atom is 0.262 e. The van der Waals surface area contributed by atoms with Crippen molar-refractivity contribution in [3.8, 4) is 11.5 Å². The van der Waals surface area contributed by atoms with Gasteiger partial charge in [0.25, 0.3) is 11.5 Å². The van der Waals surface area contributed by atoms with Crippen LogP contribution in [0.2, 0.25) is 0 Å². The zero-order valence-electron chi connectivity index (χ0n) is 22.7. The molecule has 4 aromatic rings. The van der Waals surface area contributed by atoms with Crippen LogP contribution in [0, 0.1) is 6.92 Å². The van der Waals surface area contributed by atoms with E-state index in [4.69, 9.17) is 15.2 Å². The van der Waals surface area contributed by atoms with Gasteiger partial charge in [-0.1, -0.05) is 30.0 Å². The molecule has 12 heteroatoms.